The third-order valence-electron chi connectivity index (χ3n) is 3.01. The van der Waals surface area contributed by atoms with E-state index in [-0.39, 0.29) is 31.4 Å². The molecule has 0 heterocycles. The average Bonchev–Trinajstić information content (AvgIpc) is 2.51. The highest BCUT2D eigenvalue weighted by Gasteiger charge is 2.25. The number of carbonyl (C=O) groups is 1. The first kappa shape index (κ1) is 17.0. The molecule has 0 unspecified atom stereocenters. The van der Waals surface area contributed by atoms with E-state index in [0.717, 1.165) is 18.2 Å². The maximum Gasteiger partial charge on any atom is 0.284 e. The Bertz CT molecular complexity index is 853. The third-order valence-corrected chi connectivity index (χ3v) is 4.39. The van der Waals surface area contributed by atoms with Crippen LogP contribution in [0.25, 0.3) is 11.1 Å². The lowest BCUT2D eigenvalue weighted by atomic mass is 9.98. The van der Waals surface area contributed by atoms with Gasteiger partial charge >= 0.3 is 0 Å². The second-order valence-electron chi connectivity index (χ2n) is 4.32. The second kappa shape index (κ2) is 6.42. The summed E-state index contributed by atoms with van der Waals surface area (Å²) in [7, 11) is 0. The van der Waals surface area contributed by atoms with Crippen molar-refractivity contribution in [2.75, 3.05) is 0 Å². The van der Waals surface area contributed by atoms with Crippen molar-refractivity contribution >= 4 is 49.5 Å². The lowest BCUT2D eigenvalue weighted by Gasteiger charge is -2.11. The lowest BCUT2D eigenvalue weighted by molar-refractivity contribution is -0.393. The molecule has 8 nitrogen and oxygen atoms in total. The molecule has 118 valence electrons. The molecular formula is C13H6Br2N2O6. The fourth-order valence-electron chi connectivity index (χ4n) is 1.99. The zero-order valence-electron chi connectivity index (χ0n) is 11.0. The Morgan fingerprint density at radius 2 is 1.74 bits per heavy atom. The summed E-state index contributed by atoms with van der Waals surface area (Å²) in [4.78, 5) is 31.7. The minimum atomic E-state index is -0.789. The summed E-state index contributed by atoms with van der Waals surface area (Å²) >= 11 is 6.16. The maximum absolute atomic E-state index is 11.3. The number of hydrogen-bond donors (Lipinski definition) is 1. The number of rotatable bonds is 4. The van der Waals surface area contributed by atoms with Crippen LogP contribution in [0.3, 0.4) is 0 Å². The molecule has 23 heavy (non-hydrogen) atoms. The predicted molar refractivity (Wildman–Crippen MR) is 87.6 cm³/mol. The van der Waals surface area contributed by atoms with E-state index in [2.05, 4.69) is 31.9 Å². The molecule has 2 aromatic carbocycles. The van der Waals surface area contributed by atoms with Crippen molar-refractivity contribution in [3.8, 4) is 16.9 Å². The number of non-ortho nitro benzene ring substituents is 1. The highest BCUT2D eigenvalue weighted by atomic mass is 79.9. The van der Waals surface area contributed by atoms with E-state index in [4.69, 9.17) is 0 Å². The first-order valence-corrected chi connectivity index (χ1v) is 7.45. The van der Waals surface area contributed by atoms with Crippen molar-refractivity contribution in [1.82, 2.24) is 0 Å². The Morgan fingerprint density at radius 1 is 1.09 bits per heavy atom. The first-order valence-electron chi connectivity index (χ1n) is 5.87. The lowest BCUT2D eigenvalue weighted by Crippen LogP contribution is -1.98. The zero-order valence-corrected chi connectivity index (χ0v) is 14.2. The number of nitro benzene ring substituents is 2. The molecule has 0 aliphatic rings. The SMILES string of the molecule is O=Cc1cc(Br)c(O)c(Br)c1-c1ccc([N+](=O)[O-])cc1[N+](=O)[O-]. The minimum Gasteiger partial charge on any atom is -0.506 e. The molecule has 0 saturated carbocycles. The van der Waals surface area contributed by atoms with E-state index in [1.165, 1.54) is 6.07 Å². The quantitative estimate of drug-likeness (QED) is 0.427. The molecule has 0 aliphatic carbocycles. The smallest absolute Gasteiger partial charge is 0.284 e. The number of nitro groups is 2. The van der Waals surface area contributed by atoms with Crippen LogP contribution in [-0.4, -0.2) is 21.2 Å². The van der Waals surface area contributed by atoms with Crippen LogP contribution in [0.2, 0.25) is 0 Å². The molecule has 2 rings (SSSR count). The summed E-state index contributed by atoms with van der Waals surface area (Å²) in [5, 5.41) is 32.0. The monoisotopic (exact) mass is 444 g/mol. The van der Waals surface area contributed by atoms with Gasteiger partial charge < -0.3 is 5.11 Å². The fourth-order valence-corrected chi connectivity index (χ4v) is 3.36. The van der Waals surface area contributed by atoms with Gasteiger partial charge in [0.1, 0.15) is 5.75 Å². The first-order chi connectivity index (χ1) is 10.8. The summed E-state index contributed by atoms with van der Waals surface area (Å²) in [5.74, 6) is -0.252. The van der Waals surface area contributed by atoms with Crippen molar-refractivity contribution in [2.24, 2.45) is 0 Å². The number of hydrogen-bond acceptors (Lipinski definition) is 6. The van der Waals surface area contributed by atoms with E-state index in [9.17, 15) is 30.1 Å². The standard InChI is InChI=1S/C13H6Br2N2O6/c14-9-3-6(5-18)11(12(15)13(9)19)8-2-1-7(16(20)21)4-10(8)17(22)23/h1-5,19H. The van der Waals surface area contributed by atoms with Gasteiger partial charge in [-0.15, -0.1) is 0 Å². The molecule has 0 atom stereocenters. The van der Waals surface area contributed by atoms with Gasteiger partial charge in [-0.3, -0.25) is 25.0 Å². The topological polar surface area (TPSA) is 124 Å². The predicted octanol–water partition coefficient (Wildman–Crippen LogP) is 4.21. The van der Waals surface area contributed by atoms with Crippen LogP contribution < -0.4 is 0 Å². The van der Waals surface area contributed by atoms with Crippen molar-refractivity contribution in [1.29, 1.82) is 0 Å². The Balaban J connectivity index is 2.87. The number of phenols is 1. The molecule has 0 aliphatic heterocycles. The second-order valence-corrected chi connectivity index (χ2v) is 5.97. The molecular weight excluding hydrogens is 440 g/mol. The molecule has 0 amide bonds. The van der Waals surface area contributed by atoms with Crippen molar-refractivity contribution < 1.29 is 19.7 Å². The van der Waals surface area contributed by atoms with Crippen molar-refractivity contribution in [2.45, 2.75) is 0 Å². The number of phenolic OH excluding ortho intramolecular Hbond substituents is 1. The van der Waals surface area contributed by atoms with Gasteiger partial charge in [0.25, 0.3) is 11.4 Å². The van der Waals surface area contributed by atoms with Crippen LogP contribution in [0.5, 0.6) is 5.75 Å². The van der Waals surface area contributed by atoms with Crippen LogP contribution in [0, 0.1) is 20.2 Å². The fraction of sp³-hybridized carbons (Fsp3) is 0. The number of halogens is 2. The van der Waals surface area contributed by atoms with Gasteiger partial charge in [-0.1, -0.05) is 0 Å². The summed E-state index contributed by atoms with van der Waals surface area (Å²) in [6, 6.07) is 4.35. The van der Waals surface area contributed by atoms with E-state index in [1.807, 2.05) is 0 Å². The highest BCUT2D eigenvalue weighted by Crippen LogP contribution is 2.45. The van der Waals surface area contributed by atoms with Crippen LogP contribution in [0.4, 0.5) is 11.4 Å². The number of benzene rings is 2. The molecule has 0 saturated heterocycles. The highest BCUT2D eigenvalue weighted by molar-refractivity contribution is 9.11. The molecule has 10 heteroatoms. The zero-order chi connectivity index (χ0) is 17.3. The van der Waals surface area contributed by atoms with Gasteiger partial charge in [0.05, 0.1) is 30.4 Å². The van der Waals surface area contributed by atoms with Crippen LogP contribution in [0.1, 0.15) is 10.4 Å². The Hall–Kier alpha value is -2.33. The van der Waals surface area contributed by atoms with Gasteiger partial charge in [-0.05, 0) is 44.0 Å². The van der Waals surface area contributed by atoms with E-state index < -0.39 is 21.2 Å². The molecule has 0 bridgehead atoms. The van der Waals surface area contributed by atoms with Gasteiger partial charge in [-0.25, -0.2) is 0 Å². The molecule has 0 radical (unpaired) electrons. The Morgan fingerprint density at radius 3 is 2.26 bits per heavy atom. The average molecular weight is 446 g/mol. The van der Waals surface area contributed by atoms with Crippen LogP contribution in [0.15, 0.2) is 33.2 Å². The number of aromatic hydroxyl groups is 1. The third kappa shape index (κ3) is 3.08. The normalized spacial score (nSPS) is 10.3. The molecule has 1 N–H and O–H groups in total. The molecule has 0 fully saturated rings. The van der Waals surface area contributed by atoms with E-state index in [1.54, 1.807) is 0 Å². The molecule has 0 aromatic heterocycles. The summed E-state index contributed by atoms with van der Waals surface area (Å²) < 4.78 is 0.283. The van der Waals surface area contributed by atoms with Gasteiger partial charge in [0.2, 0.25) is 0 Å². The van der Waals surface area contributed by atoms with Crippen molar-refractivity contribution in [3.63, 3.8) is 0 Å². The summed E-state index contributed by atoms with van der Waals surface area (Å²) in [6.07, 6.45) is 0.468. The van der Waals surface area contributed by atoms with E-state index in [0.29, 0.717) is 6.29 Å². The maximum atomic E-state index is 11.3. The Kier molecular flexibility index (Phi) is 4.76. The largest absolute Gasteiger partial charge is 0.506 e. The number of nitrogens with zero attached hydrogens (tertiary/aromatic N) is 2. The summed E-state index contributed by atoms with van der Waals surface area (Å²) in [6.45, 7) is 0. The van der Waals surface area contributed by atoms with E-state index >= 15 is 0 Å². The Labute approximate surface area is 145 Å². The van der Waals surface area contributed by atoms with Crippen LogP contribution in [-0.2, 0) is 0 Å². The number of carbonyl (C=O) groups excluding carboxylic acids is 1. The van der Waals surface area contributed by atoms with Crippen LogP contribution >= 0.6 is 31.9 Å². The summed E-state index contributed by atoms with van der Waals surface area (Å²) in [5.41, 5.74) is -0.895. The van der Waals surface area contributed by atoms with Gasteiger partial charge in [0, 0.05) is 17.2 Å². The minimum absolute atomic E-state index is 0.0302. The number of aldehydes is 1. The molecule has 2 aromatic rings. The van der Waals surface area contributed by atoms with Gasteiger partial charge in [0.15, 0.2) is 6.29 Å². The van der Waals surface area contributed by atoms with Gasteiger partial charge in [-0.2, -0.15) is 0 Å². The van der Waals surface area contributed by atoms with Crippen molar-refractivity contribution in [3.05, 3.63) is 59.0 Å². The molecule has 0 spiro atoms.